The number of nitrogens with zero attached hydrogens (tertiary/aromatic N) is 1. The molecule has 1 aromatic rings. The lowest BCUT2D eigenvalue weighted by Crippen LogP contribution is -2.38. The first kappa shape index (κ1) is 16.0. The Kier molecular flexibility index (Phi) is 4.27. The fourth-order valence-electron chi connectivity index (χ4n) is 4.50. The Hall–Kier alpha value is -0.450. The van der Waals surface area contributed by atoms with Crippen molar-refractivity contribution in [2.45, 2.75) is 43.6 Å². The second-order valence-corrected chi connectivity index (χ2v) is 10.4. The quantitative estimate of drug-likeness (QED) is 0.449. The summed E-state index contributed by atoms with van der Waals surface area (Å²) < 4.78 is 0. The molecule has 124 valence electrons. The zero-order valence-corrected chi connectivity index (χ0v) is 15.4. The standard InChI is InChI=1S/C19H25NOS2/c1-18(17-6-4-15(10-21)5-7-17)12-20-13-19(20)8-2-3-16(9-19)11-22-23-14-18/h4-7,10,16H,2-3,8-9,11-14H2,1H3/t16-,18+,19-,20?/m0/s1. The second kappa shape index (κ2) is 6.12. The van der Waals surface area contributed by atoms with Crippen molar-refractivity contribution in [3.63, 3.8) is 0 Å². The number of aldehydes is 1. The van der Waals surface area contributed by atoms with Crippen molar-refractivity contribution in [3.05, 3.63) is 35.4 Å². The summed E-state index contributed by atoms with van der Waals surface area (Å²) in [5.41, 5.74) is 2.87. The van der Waals surface area contributed by atoms with Crippen molar-refractivity contribution in [2.24, 2.45) is 5.92 Å². The number of hydrogen-bond acceptors (Lipinski definition) is 4. The molecule has 1 aromatic carbocycles. The number of benzene rings is 1. The van der Waals surface area contributed by atoms with Gasteiger partial charge in [-0.05, 0) is 30.7 Å². The third-order valence-corrected chi connectivity index (χ3v) is 8.81. The first-order valence-corrected chi connectivity index (χ1v) is 11.2. The molecule has 1 saturated carbocycles. The van der Waals surface area contributed by atoms with Crippen LogP contribution in [-0.2, 0) is 5.41 Å². The Morgan fingerprint density at radius 2 is 2.04 bits per heavy atom. The van der Waals surface area contributed by atoms with E-state index in [9.17, 15) is 4.79 Å². The molecular weight excluding hydrogens is 322 g/mol. The highest BCUT2D eigenvalue weighted by atomic mass is 33.1. The maximum absolute atomic E-state index is 10.9. The smallest absolute Gasteiger partial charge is 0.150 e. The lowest BCUT2D eigenvalue weighted by molar-refractivity contribution is 0.112. The van der Waals surface area contributed by atoms with Gasteiger partial charge in [-0.2, -0.15) is 0 Å². The fraction of sp³-hybridized carbons (Fsp3) is 0.632. The van der Waals surface area contributed by atoms with Gasteiger partial charge in [0.05, 0.1) is 0 Å². The van der Waals surface area contributed by atoms with E-state index in [0.29, 0.717) is 5.54 Å². The number of rotatable bonds is 2. The van der Waals surface area contributed by atoms with Crippen molar-refractivity contribution < 1.29 is 4.79 Å². The van der Waals surface area contributed by atoms with Gasteiger partial charge < -0.3 is 0 Å². The zero-order valence-electron chi connectivity index (χ0n) is 13.8. The number of fused-ring (bicyclic) bond motifs is 1. The molecular formula is C19H25NOS2. The van der Waals surface area contributed by atoms with Crippen molar-refractivity contribution in [2.75, 3.05) is 24.6 Å². The minimum atomic E-state index is 0.173. The van der Waals surface area contributed by atoms with E-state index in [4.69, 9.17) is 0 Å². The fourth-order valence-corrected chi connectivity index (χ4v) is 7.57. The Labute approximate surface area is 147 Å². The molecule has 0 N–H and O–H groups in total. The molecule has 1 aliphatic carbocycles. The molecule has 0 aromatic heterocycles. The highest BCUT2D eigenvalue weighted by Crippen LogP contribution is 2.51. The van der Waals surface area contributed by atoms with E-state index >= 15 is 0 Å². The van der Waals surface area contributed by atoms with Gasteiger partial charge in [0, 0.05) is 41.1 Å². The Balaban J connectivity index is 1.58. The van der Waals surface area contributed by atoms with E-state index in [2.05, 4.69) is 34.8 Å². The van der Waals surface area contributed by atoms with E-state index in [0.717, 1.165) is 30.1 Å². The van der Waals surface area contributed by atoms with Crippen LogP contribution in [0.15, 0.2) is 24.3 Å². The van der Waals surface area contributed by atoms with Gasteiger partial charge in [0.1, 0.15) is 6.29 Å². The van der Waals surface area contributed by atoms with Crippen LogP contribution in [-0.4, -0.2) is 41.3 Å². The molecule has 4 heteroatoms. The molecule has 2 saturated heterocycles. The summed E-state index contributed by atoms with van der Waals surface area (Å²) in [6.07, 6.45) is 6.61. The molecule has 0 amide bonds. The maximum Gasteiger partial charge on any atom is 0.150 e. The molecule has 23 heavy (non-hydrogen) atoms. The zero-order chi connectivity index (χ0) is 15.9. The summed E-state index contributed by atoms with van der Waals surface area (Å²) in [6, 6.07) is 8.28. The van der Waals surface area contributed by atoms with Crippen LogP contribution in [0.2, 0.25) is 0 Å². The third kappa shape index (κ3) is 3.10. The van der Waals surface area contributed by atoms with Crippen molar-refractivity contribution in [3.8, 4) is 0 Å². The normalized spacial score (nSPS) is 40.0. The van der Waals surface area contributed by atoms with Crippen molar-refractivity contribution in [1.29, 1.82) is 0 Å². The van der Waals surface area contributed by atoms with E-state index < -0.39 is 0 Å². The van der Waals surface area contributed by atoms with Gasteiger partial charge in [-0.15, -0.1) is 0 Å². The topological polar surface area (TPSA) is 20.1 Å². The van der Waals surface area contributed by atoms with Gasteiger partial charge >= 0.3 is 0 Å². The predicted molar refractivity (Wildman–Crippen MR) is 100 cm³/mol. The van der Waals surface area contributed by atoms with Crippen LogP contribution in [0.25, 0.3) is 0 Å². The van der Waals surface area contributed by atoms with Gasteiger partial charge in [0.25, 0.3) is 0 Å². The molecule has 2 nitrogen and oxygen atoms in total. The summed E-state index contributed by atoms with van der Waals surface area (Å²) in [5, 5.41) is 0. The summed E-state index contributed by atoms with van der Waals surface area (Å²) in [7, 11) is 4.13. The Morgan fingerprint density at radius 3 is 2.83 bits per heavy atom. The molecule has 4 rings (SSSR count). The minimum Gasteiger partial charge on any atom is -0.298 e. The van der Waals surface area contributed by atoms with E-state index in [1.54, 1.807) is 0 Å². The van der Waals surface area contributed by atoms with E-state index in [1.807, 2.05) is 22.9 Å². The molecule has 2 heterocycles. The van der Waals surface area contributed by atoms with Gasteiger partial charge in [-0.1, -0.05) is 59.2 Å². The lowest BCUT2D eigenvalue weighted by atomic mass is 9.80. The van der Waals surface area contributed by atoms with Crippen LogP contribution in [0, 0.1) is 5.92 Å². The summed E-state index contributed by atoms with van der Waals surface area (Å²) >= 11 is 0. The molecule has 1 unspecified atom stereocenters. The highest BCUT2D eigenvalue weighted by molar-refractivity contribution is 8.76. The summed E-state index contributed by atoms with van der Waals surface area (Å²) in [5.74, 6) is 3.40. The van der Waals surface area contributed by atoms with Crippen LogP contribution >= 0.6 is 21.6 Å². The SMILES string of the molecule is C[C@]1(c2ccc(C=O)cc2)CSSC[C@H]2CCC[C@]3(C2)CN3C1. The van der Waals surface area contributed by atoms with Gasteiger partial charge in [0.15, 0.2) is 0 Å². The van der Waals surface area contributed by atoms with Crippen molar-refractivity contribution >= 4 is 27.9 Å². The van der Waals surface area contributed by atoms with Gasteiger partial charge in [0.2, 0.25) is 0 Å². The van der Waals surface area contributed by atoms with Crippen LogP contribution in [0.1, 0.15) is 48.5 Å². The molecule has 4 atom stereocenters. The van der Waals surface area contributed by atoms with Crippen LogP contribution in [0.3, 0.4) is 0 Å². The largest absolute Gasteiger partial charge is 0.298 e. The average Bonchev–Trinajstić information content (AvgIpc) is 3.21. The van der Waals surface area contributed by atoms with E-state index in [1.165, 1.54) is 43.5 Å². The number of carbonyl (C=O) groups is 1. The lowest BCUT2D eigenvalue weighted by Gasteiger charge is -2.36. The first-order valence-electron chi connectivity index (χ1n) is 8.69. The highest BCUT2D eigenvalue weighted by Gasteiger charge is 2.55. The van der Waals surface area contributed by atoms with Gasteiger partial charge in [-0.25, -0.2) is 0 Å². The third-order valence-electron chi connectivity index (χ3n) is 6.02. The molecule has 2 aliphatic heterocycles. The summed E-state index contributed by atoms with van der Waals surface area (Å²) in [4.78, 5) is 13.7. The Bertz CT molecular complexity index is 590. The predicted octanol–water partition coefficient (Wildman–Crippen LogP) is 4.40. The summed E-state index contributed by atoms with van der Waals surface area (Å²) in [6.45, 7) is 4.87. The molecule has 3 fully saturated rings. The van der Waals surface area contributed by atoms with E-state index in [-0.39, 0.29) is 5.41 Å². The average molecular weight is 348 g/mol. The van der Waals surface area contributed by atoms with Crippen LogP contribution < -0.4 is 0 Å². The van der Waals surface area contributed by atoms with Crippen molar-refractivity contribution in [1.82, 2.24) is 4.90 Å². The molecule has 2 bridgehead atoms. The van der Waals surface area contributed by atoms with Crippen LogP contribution in [0.4, 0.5) is 0 Å². The number of carbonyl (C=O) groups excluding carboxylic acids is 1. The van der Waals surface area contributed by atoms with Gasteiger partial charge in [-0.3, -0.25) is 9.69 Å². The monoisotopic (exact) mass is 347 g/mol. The Morgan fingerprint density at radius 1 is 1.22 bits per heavy atom. The molecule has 3 aliphatic rings. The first-order chi connectivity index (χ1) is 11.1. The number of hydrogen-bond donors (Lipinski definition) is 0. The molecule has 0 radical (unpaired) electrons. The molecule has 1 spiro atoms. The second-order valence-electron chi connectivity index (χ2n) is 7.89. The van der Waals surface area contributed by atoms with Crippen LogP contribution in [0.5, 0.6) is 0 Å². The minimum absolute atomic E-state index is 0.173. The maximum atomic E-state index is 10.9.